The largest absolute Gasteiger partial charge is 0.389 e. The van der Waals surface area contributed by atoms with Gasteiger partial charge in [-0.3, -0.25) is 0 Å². The number of hydrogen-bond donors (Lipinski definition) is 2. The molecule has 0 saturated heterocycles. The maximum atomic E-state index is 5.01. The van der Waals surface area contributed by atoms with Crippen LogP contribution in [0.5, 0.6) is 0 Å². The van der Waals surface area contributed by atoms with E-state index in [0.29, 0.717) is 0 Å². The molecule has 2 nitrogen and oxygen atoms in total. The fraction of sp³-hybridized carbons (Fsp3) is 0.833. The van der Waals surface area contributed by atoms with Gasteiger partial charge in [0.2, 0.25) is 0 Å². The molecule has 0 atom stereocenters. The third kappa shape index (κ3) is 6.03. The maximum absolute atomic E-state index is 5.01. The molecule has 0 aliphatic carbocycles. The van der Waals surface area contributed by atoms with Gasteiger partial charge in [-0.05, 0) is 19.1 Å². The van der Waals surface area contributed by atoms with Crippen molar-refractivity contribution in [2.75, 3.05) is 6.54 Å². The van der Waals surface area contributed by atoms with E-state index in [1.54, 1.807) is 0 Å². The van der Waals surface area contributed by atoms with Crippen LogP contribution < -0.4 is 10.3 Å². The monoisotopic (exact) mass is 176 g/mol. The van der Waals surface area contributed by atoms with Gasteiger partial charge in [0.25, 0.3) is 0 Å². The zero-order valence-corrected chi connectivity index (χ0v) is 8.93. The summed E-state index contributed by atoms with van der Waals surface area (Å²) in [5.74, 6) is 0. The molecule has 0 radical (unpaired) electrons. The van der Waals surface area contributed by atoms with Crippen molar-refractivity contribution >= 4 is 25.6 Å². The molecule has 0 bridgehead atoms. The molecule has 0 aromatic rings. The van der Waals surface area contributed by atoms with E-state index >= 15 is 0 Å². The molecule has 0 spiro atoms. The Balaban J connectivity index is 3.58. The van der Waals surface area contributed by atoms with Crippen LogP contribution in [0.25, 0.3) is 0 Å². The van der Waals surface area contributed by atoms with Gasteiger partial charge in [-0.25, -0.2) is 0 Å². The summed E-state index contributed by atoms with van der Waals surface area (Å²) in [6.45, 7) is 9.60. The Labute approximate surface area is 69.5 Å². The Bertz CT molecular complexity index is 119. The lowest BCUT2D eigenvalue weighted by Crippen LogP contribution is -2.49. The van der Waals surface area contributed by atoms with E-state index in [0.717, 1.165) is 11.7 Å². The highest BCUT2D eigenvalue weighted by Crippen LogP contribution is 1.92. The molecule has 0 aromatic carbocycles. The van der Waals surface area contributed by atoms with Gasteiger partial charge in [0, 0.05) is 6.54 Å². The van der Waals surface area contributed by atoms with Crippen LogP contribution >= 0.6 is 12.2 Å². The Morgan fingerprint density at radius 2 is 1.90 bits per heavy atom. The van der Waals surface area contributed by atoms with E-state index in [-0.39, 0.29) is 0 Å². The SMILES string of the molecule is CCNC(=S)N[Si](C)(C)C. The zero-order chi connectivity index (χ0) is 8.20. The minimum atomic E-state index is -1.21. The molecular weight excluding hydrogens is 160 g/mol. The second-order valence-electron chi connectivity index (χ2n) is 3.23. The second kappa shape index (κ2) is 3.93. The van der Waals surface area contributed by atoms with Crippen molar-refractivity contribution < 1.29 is 0 Å². The van der Waals surface area contributed by atoms with E-state index in [9.17, 15) is 0 Å². The van der Waals surface area contributed by atoms with Gasteiger partial charge in [0.15, 0.2) is 5.11 Å². The van der Waals surface area contributed by atoms with E-state index in [1.165, 1.54) is 0 Å². The van der Waals surface area contributed by atoms with Gasteiger partial charge in [0.1, 0.15) is 8.24 Å². The van der Waals surface area contributed by atoms with Crippen LogP contribution in [0.2, 0.25) is 19.6 Å². The zero-order valence-electron chi connectivity index (χ0n) is 7.12. The Hall–Kier alpha value is -0.0931. The first-order valence-electron chi connectivity index (χ1n) is 3.51. The number of hydrogen-bond acceptors (Lipinski definition) is 1. The molecule has 0 aliphatic heterocycles. The standard InChI is InChI=1S/C6H16N2SSi/c1-5-7-6(9)8-10(2,3)4/h5H2,1-4H3,(H2,7,8,9). The first-order valence-corrected chi connectivity index (χ1v) is 7.42. The van der Waals surface area contributed by atoms with E-state index in [4.69, 9.17) is 12.2 Å². The summed E-state index contributed by atoms with van der Waals surface area (Å²) in [5.41, 5.74) is 0. The van der Waals surface area contributed by atoms with Crippen LogP contribution in [0.1, 0.15) is 6.92 Å². The van der Waals surface area contributed by atoms with Crippen molar-refractivity contribution in [1.82, 2.24) is 10.3 Å². The first-order chi connectivity index (χ1) is 4.45. The van der Waals surface area contributed by atoms with E-state index in [1.807, 2.05) is 6.92 Å². The number of rotatable bonds is 2. The molecule has 0 unspecified atom stereocenters. The summed E-state index contributed by atoms with van der Waals surface area (Å²) in [6, 6.07) is 0. The molecule has 0 amide bonds. The molecule has 0 fully saturated rings. The average Bonchev–Trinajstić information content (AvgIpc) is 1.59. The van der Waals surface area contributed by atoms with Crippen molar-refractivity contribution in [2.24, 2.45) is 0 Å². The molecular formula is C6H16N2SSi. The lowest BCUT2D eigenvalue weighted by atomic mass is 10.8. The molecule has 0 aromatic heterocycles. The third-order valence-corrected chi connectivity index (χ3v) is 2.25. The van der Waals surface area contributed by atoms with Gasteiger partial charge in [0.05, 0.1) is 0 Å². The molecule has 10 heavy (non-hydrogen) atoms. The Morgan fingerprint density at radius 1 is 1.40 bits per heavy atom. The minimum Gasteiger partial charge on any atom is -0.389 e. The first kappa shape index (κ1) is 9.91. The summed E-state index contributed by atoms with van der Waals surface area (Å²) >= 11 is 5.01. The van der Waals surface area contributed by atoms with Crippen LogP contribution in [-0.4, -0.2) is 19.9 Å². The predicted octanol–water partition coefficient (Wildman–Crippen LogP) is 1.31. The Morgan fingerprint density at radius 3 is 2.20 bits per heavy atom. The van der Waals surface area contributed by atoms with Crippen molar-refractivity contribution in [1.29, 1.82) is 0 Å². The van der Waals surface area contributed by atoms with Gasteiger partial charge in [-0.1, -0.05) is 19.6 Å². The highest BCUT2D eigenvalue weighted by Gasteiger charge is 2.13. The average molecular weight is 176 g/mol. The fourth-order valence-corrected chi connectivity index (χ4v) is 2.38. The summed E-state index contributed by atoms with van der Waals surface area (Å²) in [4.78, 5) is 3.28. The molecule has 60 valence electrons. The summed E-state index contributed by atoms with van der Waals surface area (Å²) in [6.07, 6.45) is 0. The summed E-state index contributed by atoms with van der Waals surface area (Å²) in [5, 5.41) is 3.85. The molecule has 0 aliphatic rings. The van der Waals surface area contributed by atoms with Crippen LogP contribution in [0.15, 0.2) is 0 Å². The van der Waals surface area contributed by atoms with E-state index in [2.05, 4.69) is 29.9 Å². The van der Waals surface area contributed by atoms with Crippen LogP contribution in [0.4, 0.5) is 0 Å². The summed E-state index contributed by atoms with van der Waals surface area (Å²) < 4.78 is 0. The molecule has 0 heterocycles. The molecule has 4 heteroatoms. The molecule has 2 N–H and O–H groups in total. The number of nitrogens with one attached hydrogen (secondary N) is 2. The van der Waals surface area contributed by atoms with Crippen LogP contribution in [0.3, 0.4) is 0 Å². The van der Waals surface area contributed by atoms with Crippen molar-refractivity contribution in [2.45, 2.75) is 26.6 Å². The lowest BCUT2D eigenvalue weighted by Gasteiger charge is -2.20. The fourth-order valence-electron chi connectivity index (χ4n) is 0.545. The highest BCUT2D eigenvalue weighted by atomic mass is 32.1. The number of thiocarbonyl (C=S) groups is 1. The predicted molar refractivity (Wildman–Crippen MR) is 52.8 cm³/mol. The lowest BCUT2D eigenvalue weighted by molar-refractivity contribution is 0.956. The van der Waals surface area contributed by atoms with Crippen molar-refractivity contribution in [3.8, 4) is 0 Å². The maximum Gasteiger partial charge on any atom is 0.158 e. The molecule has 0 saturated carbocycles. The van der Waals surface area contributed by atoms with Crippen LogP contribution in [-0.2, 0) is 0 Å². The van der Waals surface area contributed by atoms with E-state index < -0.39 is 8.24 Å². The topological polar surface area (TPSA) is 24.1 Å². The van der Waals surface area contributed by atoms with Crippen LogP contribution in [0, 0.1) is 0 Å². The normalized spacial score (nSPS) is 10.8. The molecule has 0 rings (SSSR count). The third-order valence-electron chi connectivity index (χ3n) is 0.826. The summed E-state index contributed by atoms with van der Waals surface area (Å²) in [7, 11) is -1.21. The minimum absolute atomic E-state index is 0.793. The van der Waals surface area contributed by atoms with Crippen molar-refractivity contribution in [3.63, 3.8) is 0 Å². The van der Waals surface area contributed by atoms with Gasteiger partial charge < -0.3 is 10.3 Å². The second-order valence-corrected chi connectivity index (χ2v) is 8.39. The van der Waals surface area contributed by atoms with Crippen molar-refractivity contribution in [3.05, 3.63) is 0 Å². The van der Waals surface area contributed by atoms with Gasteiger partial charge in [-0.2, -0.15) is 0 Å². The Kier molecular flexibility index (Phi) is 3.89. The van der Waals surface area contributed by atoms with Gasteiger partial charge in [-0.15, -0.1) is 0 Å². The quantitative estimate of drug-likeness (QED) is 0.490. The smallest absolute Gasteiger partial charge is 0.158 e. The highest BCUT2D eigenvalue weighted by molar-refractivity contribution is 7.80. The van der Waals surface area contributed by atoms with Gasteiger partial charge >= 0.3 is 0 Å².